The summed E-state index contributed by atoms with van der Waals surface area (Å²) in [6.07, 6.45) is 1.61. The van der Waals surface area contributed by atoms with Gasteiger partial charge in [-0.15, -0.1) is 0 Å². The average molecular weight is 284 g/mol. The predicted molar refractivity (Wildman–Crippen MR) is 70.0 cm³/mol. The van der Waals surface area contributed by atoms with Crippen LogP contribution < -0.4 is 0 Å². The molecule has 3 nitrogen and oxygen atoms in total. The number of halogens is 1. The highest BCUT2D eigenvalue weighted by Gasteiger charge is 2.53. The number of hydrogen-bond donors (Lipinski definition) is 1. The minimum Gasteiger partial charge on any atom is -0.385 e. The third kappa shape index (κ3) is 1.91. The molecule has 104 valence electrons. The molecule has 2 atom stereocenters. The predicted octanol–water partition coefficient (Wildman–Crippen LogP) is 2.06. The number of aliphatic hydroxyl groups is 1. The molecule has 2 saturated heterocycles. The van der Waals surface area contributed by atoms with Crippen molar-refractivity contribution in [3.63, 3.8) is 0 Å². The van der Waals surface area contributed by atoms with Gasteiger partial charge in [0.05, 0.1) is 16.1 Å². The molecule has 0 saturated carbocycles. The molecule has 0 amide bonds. The van der Waals surface area contributed by atoms with Gasteiger partial charge in [0.2, 0.25) is 0 Å². The zero-order chi connectivity index (χ0) is 13.8. The van der Waals surface area contributed by atoms with Gasteiger partial charge in [0.15, 0.2) is 9.84 Å². The van der Waals surface area contributed by atoms with E-state index in [0.717, 1.165) is 5.56 Å². The molecule has 0 radical (unpaired) electrons. The first-order valence-corrected chi connectivity index (χ1v) is 8.15. The molecule has 2 fully saturated rings. The van der Waals surface area contributed by atoms with Gasteiger partial charge in [-0.05, 0) is 55.9 Å². The molecule has 2 heterocycles. The quantitative estimate of drug-likeness (QED) is 0.859. The molecule has 0 aliphatic carbocycles. The second-order valence-corrected chi connectivity index (χ2v) is 8.32. The lowest BCUT2D eigenvalue weighted by Gasteiger charge is -2.37. The Hall–Kier alpha value is -0.940. The standard InChI is InChI=1S/C14H17FO3S/c1-9-2-3-10(15)6-13(9)14(16)7-11-4-5-12(8-14)19(11,17)18/h2-3,6,11-12,16H,4-5,7-8H2,1H3. The number of aryl methyl sites for hydroxylation is 1. The fourth-order valence-corrected chi connectivity index (χ4v) is 6.05. The molecule has 2 bridgehead atoms. The number of hydrogen-bond acceptors (Lipinski definition) is 3. The van der Waals surface area contributed by atoms with E-state index in [2.05, 4.69) is 0 Å². The molecule has 0 spiro atoms. The lowest BCUT2D eigenvalue weighted by atomic mass is 9.83. The Kier molecular flexibility index (Phi) is 2.77. The fourth-order valence-electron chi connectivity index (χ4n) is 3.56. The lowest BCUT2D eigenvalue weighted by Crippen LogP contribution is -2.43. The number of sulfone groups is 1. The van der Waals surface area contributed by atoms with Crippen LogP contribution in [-0.2, 0) is 15.4 Å². The third-order valence-corrected chi connectivity index (χ3v) is 7.23. The molecule has 3 rings (SSSR count). The molecule has 2 aliphatic heterocycles. The van der Waals surface area contributed by atoms with Crippen LogP contribution in [0.15, 0.2) is 18.2 Å². The van der Waals surface area contributed by atoms with Gasteiger partial charge >= 0.3 is 0 Å². The van der Waals surface area contributed by atoms with Gasteiger partial charge in [-0.1, -0.05) is 6.07 Å². The van der Waals surface area contributed by atoms with Gasteiger partial charge in [-0.2, -0.15) is 0 Å². The molecule has 19 heavy (non-hydrogen) atoms. The minimum absolute atomic E-state index is 0.191. The van der Waals surface area contributed by atoms with Crippen LogP contribution in [0.4, 0.5) is 4.39 Å². The van der Waals surface area contributed by atoms with Crippen LogP contribution in [-0.4, -0.2) is 24.0 Å². The maximum absolute atomic E-state index is 13.4. The van der Waals surface area contributed by atoms with E-state index in [-0.39, 0.29) is 12.8 Å². The molecule has 1 aromatic carbocycles. The Balaban J connectivity index is 2.04. The lowest BCUT2D eigenvalue weighted by molar-refractivity contribution is 0.0164. The summed E-state index contributed by atoms with van der Waals surface area (Å²) in [6.45, 7) is 1.82. The van der Waals surface area contributed by atoms with Crippen molar-refractivity contribution in [1.82, 2.24) is 0 Å². The van der Waals surface area contributed by atoms with Gasteiger partial charge in [-0.3, -0.25) is 0 Å². The summed E-state index contributed by atoms with van der Waals surface area (Å²) in [5.41, 5.74) is 0.144. The average Bonchev–Trinajstić information content (AvgIpc) is 2.53. The molecule has 5 heteroatoms. The second-order valence-electron chi connectivity index (χ2n) is 5.81. The Morgan fingerprint density at radius 2 is 1.84 bits per heavy atom. The largest absolute Gasteiger partial charge is 0.385 e. The summed E-state index contributed by atoms with van der Waals surface area (Å²) in [5, 5.41) is 9.88. The monoisotopic (exact) mass is 284 g/mol. The number of rotatable bonds is 1. The maximum atomic E-state index is 13.4. The van der Waals surface area contributed by atoms with Gasteiger partial charge in [0.1, 0.15) is 5.82 Å². The van der Waals surface area contributed by atoms with Crippen molar-refractivity contribution in [2.75, 3.05) is 0 Å². The smallest absolute Gasteiger partial charge is 0.156 e. The van der Waals surface area contributed by atoms with E-state index in [0.29, 0.717) is 18.4 Å². The maximum Gasteiger partial charge on any atom is 0.156 e. The first-order chi connectivity index (χ1) is 8.83. The topological polar surface area (TPSA) is 54.4 Å². The van der Waals surface area contributed by atoms with Crippen LogP contribution in [0.3, 0.4) is 0 Å². The van der Waals surface area contributed by atoms with E-state index in [9.17, 15) is 17.9 Å². The molecular formula is C14H17FO3S. The van der Waals surface area contributed by atoms with E-state index in [1.165, 1.54) is 12.1 Å². The first kappa shape index (κ1) is 13.1. The molecule has 0 aromatic heterocycles. The zero-order valence-corrected chi connectivity index (χ0v) is 11.6. The molecular weight excluding hydrogens is 267 g/mol. The van der Waals surface area contributed by atoms with Crippen LogP contribution in [0.25, 0.3) is 0 Å². The highest BCUT2D eigenvalue weighted by Crippen LogP contribution is 2.48. The van der Waals surface area contributed by atoms with Crippen LogP contribution in [0, 0.1) is 12.7 Å². The van der Waals surface area contributed by atoms with Crippen LogP contribution in [0.2, 0.25) is 0 Å². The van der Waals surface area contributed by atoms with E-state index in [1.807, 2.05) is 6.92 Å². The fraction of sp³-hybridized carbons (Fsp3) is 0.571. The van der Waals surface area contributed by atoms with Crippen molar-refractivity contribution in [1.29, 1.82) is 0 Å². The van der Waals surface area contributed by atoms with Crippen LogP contribution in [0.1, 0.15) is 36.8 Å². The van der Waals surface area contributed by atoms with Gasteiger partial charge in [0, 0.05) is 0 Å². The minimum atomic E-state index is -3.08. The van der Waals surface area contributed by atoms with E-state index < -0.39 is 31.8 Å². The molecule has 2 aliphatic rings. The molecule has 1 N–H and O–H groups in total. The Bertz CT molecular complexity index is 604. The Morgan fingerprint density at radius 1 is 1.26 bits per heavy atom. The van der Waals surface area contributed by atoms with Gasteiger partial charge < -0.3 is 5.11 Å². The number of fused-ring (bicyclic) bond motifs is 2. The van der Waals surface area contributed by atoms with Gasteiger partial charge in [-0.25, -0.2) is 12.8 Å². The van der Waals surface area contributed by atoms with E-state index in [4.69, 9.17) is 0 Å². The Morgan fingerprint density at radius 3 is 2.42 bits per heavy atom. The van der Waals surface area contributed by atoms with Crippen LogP contribution in [0.5, 0.6) is 0 Å². The van der Waals surface area contributed by atoms with Crippen molar-refractivity contribution in [3.05, 3.63) is 35.1 Å². The summed E-state index contributed by atoms with van der Waals surface area (Å²) in [4.78, 5) is 0. The molecule has 1 aromatic rings. The Labute approximate surface area is 112 Å². The third-order valence-electron chi connectivity index (χ3n) is 4.57. The first-order valence-electron chi connectivity index (χ1n) is 6.55. The van der Waals surface area contributed by atoms with Crippen molar-refractivity contribution in [3.8, 4) is 0 Å². The highest BCUT2D eigenvalue weighted by atomic mass is 32.2. The van der Waals surface area contributed by atoms with Crippen molar-refractivity contribution in [2.45, 2.75) is 48.7 Å². The molecule has 2 unspecified atom stereocenters. The number of benzene rings is 1. The normalized spacial score (nSPS) is 36.4. The highest BCUT2D eigenvalue weighted by molar-refractivity contribution is 7.93. The van der Waals surface area contributed by atoms with Crippen molar-refractivity contribution in [2.24, 2.45) is 0 Å². The zero-order valence-electron chi connectivity index (χ0n) is 10.8. The SMILES string of the molecule is Cc1ccc(F)cc1C1(O)CC2CCC(C1)S2(=O)=O. The summed E-state index contributed by atoms with van der Waals surface area (Å²) in [6, 6.07) is 4.33. The van der Waals surface area contributed by atoms with Gasteiger partial charge in [0.25, 0.3) is 0 Å². The summed E-state index contributed by atoms with van der Waals surface area (Å²) >= 11 is 0. The van der Waals surface area contributed by atoms with E-state index in [1.54, 1.807) is 6.07 Å². The summed E-state index contributed by atoms with van der Waals surface area (Å²) < 4.78 is 37.5. The summed E-state index contributed by atoms with van der Waals surface area (Å²) in [5.74, 6) is -0.394. The second kappa shape index (κ2) is 4.03. The van der Waals surface area contributed by atoms with Crippen LogP contribution >= 0.6 is 0 Å². The van der Waals surface area contributed by atoms with E-state index >= 15 is 0 Å². The summed E-state index contributed by atoms with van der Waals surface area (Å²) in [7, 11) is -3.08. The van der Waals surface area contributed by atoms with Crippen molar-refractivity contribution >= 4 is 9.84 Å². The van der Waals surface area contributed by atoms with Crippen molar-refractivity contribution < 1.29 is 17.9 Å².